The Labute approximate surface area is 116 Å². The lowest BCUT2D eigenvalue weighted by Crippen LogP contribution is -2.14. The number of anilines is 2. The van der Waals surface area contributed by atoms with Crippen molar-refractivity contribution < 1.29 is 9.53 Å². The van der Waals surface area contributed by atoms with Crippen LogP contribution in [0.25, 0.3) is 0 Å². The molecule has 1 heterocycles. The Morgan fingerprint density at radius 2 is 2.05 bits per heavy atom. The van der Waals surface area contributed by atoms with Crippen LogP contribution < -0.4 is 15.8 Å². The fourth-order valence-corrected chi connectivity index (χ4v) is 1.69. The molecule has 1 amide bonds. The molecule has 1 aromatic heterocycles. The molecule has 0 radical (unpaired) electrons. The summed E-state index contributed by atoms with van der Waals surface area (Å²) in [6, 6.07) is 8.31. The van der Waals surface area contributed by atoms with E-state index in [2.05, 4.69) is 10.3 Å². The highest BCUT2D eigenvalue weighted by Gasteiger charge is 2.10. The first-order valence-corrected chi connectivity index (χ1v) is 5.86. The van der Waals surface area contributed by atoms with Crippen LogP contribution in [0.15, 0.2) is 36.5 Å². The number of carbonyl (C=O) groups excluding carboxylic acids is 1. The molecule has 0 fully saturated rings. The molecule has 102 valence electrons. The van der Waals surface area contributed by atoms with E-state index in [0.717, 1.165) is 6.21 Å². The molecule has 0 saturated heterocycles. The molecule has 0 unspecified atom stereocenters. The summed E-state index contributed by atoms with van der Waals surface area (Å²) in [5.41, 5.74) is 6.97. The third-order valence-corrected chi connectivity index (χ3v) is 2.77. The molecule has 0 saturated carbocycles. The molecule has 0 aliphatic carbocycles. The van der Waals surface area contributed by atoms with Gasteiger partial charge in [-0.2, -0.15) is 0 Å². The highest BCUT2D eigenvalue weighted by atomic mass is 16.5. The Hall–Kier alpha value is -2.89. The average molecular weight is 270 g/mol. The zero-order chi connectivity index (χ0) is 14.5. The van der Waals surface area contributed by atoms with Gasteiger partial charge in [0.05, 0.1) is 18.4 Å². The van der Waals surface area contributed by atoms with Crippen molar-refractivity contribution in [1.82, 2.24) is 4.98 Å². The van der Waals surface area contributed by atoms with E-state index in [4.69, 9.17) is 15.9 Å². The molecule has 6 nitrogen and oxygen atoms in total. The second-order valence-corrected chi connectivity index (χ2v) is 3.98. The molecule has 2 rings (SSSR count). The summed E-state index contributed by atoms with van der Waals surface area (Å²) in [7, 11) is 1.56. The molecule has 0 atom stereocenters. The zero-order valence-electron chi connectivity index (χ0n) is 10.9. The highest BCUT2D eigenvalue weighted by Crippen LogP contribution is 2.19. The van der Waals surface area contributed by atoms with E-state index >= 15 is 0 Å². The first kappa shape index (κ1) is 13.5. The van der Waals surface area contributed by atoms with Gasteiger partial charge < -0.3 is 21.2 Å². The number of ether oxygens (including phenoxy) is 1. The molecule has 0 bridgehead atoms. The van der Waals surface area contributed by atoms with E-state index in [1.165, 1.54) is 6.20 Å². The summed E-state index contributed by atoms with van der Waals surface area (Å²) >= 11 is 0. The number of aromatic nitrogens is 1. The van der Waals surface area contributed by atoms with E-state index in [9.17, 15) is 4.79 Å². The summed E-state index contributed by atoms with van der Waals surface area (Å²) < 4.78 is 5.03. The number of amides is 1. The first-order chi connectivity index (χ1) is 9.65. The molecule has 2 aromatic rings. The summed E-state index contributed by atoms with van der Waals surface area (Å²) in [4.78, 5) is 16.0. The summed E-state index contributed by atoms with van der Waals surface area (Å²) in [6.07, 6.45) is 2.54. The monoisotopic (exact) mass is 270 g/mol. The van der Waals surface area contributed by atoms with Gasteiger partial charge in [0.2, 0.25) is 0 Å². The van der Waals surface area contributed by atoms with Gasteiger partial charge in [0.25, 0.3) is 5.91 Å². The van der Waals surface area contributed by atoms with Crippen molar-refractivity contribution in [3.05, 3.63) is 47.7 Å². The summed E-state index contributed by atoms with van der Waals surface area (Å²) in [5, 5.41) is 10.0. The zero-order valence-corrected chi connectivity index (χ0v) is 10.9. The van der Waals surface area contributed by atoms with Crippen molar-refractivity contribution >= 4 is 23.6 Å². The third-order valence-electron chi connectivity index (χ3n) is 2.77. The van der Waals surface area contributed by atoms with Crippen molar-refractivity contribution in [3.8, 4) is 5.75 Å². The van der Waals surface area contributed by atoms with Gasteiger partial charge in [-0.05, 0) is 30.3 Å². The number of nitrogens with zero attached hydrogens (tertiary/aromatic N) is 1. The predicted octanol–water partition coefficient (Wildman–Crippen LogP) is 1.92. The minimum Gasteiger partial charge on any atom is -0.497 e. The van der Waals surface area contributed by atoms with Gasteiger partial charge in [-0.1, -0.05) is 0 Å². The lowest BCUT2D eigenvalue weighted by molar-refractivity contribution is 0.102. The van der Waals surface area contributed by atoms with Crippen LogP contribution in [-0.2, 0) is 0 Å². The number of benzene rings is 1. The van der Waals surface area contributed by atoms with Gasteiger partial charge in [0, 0.05) is 18.0 Å². The Morgan fingerprint density at radius 1 is 1.35 bits per heavy atom. The second-order valence-electron chi connectivity index (χ2n) is 3.98. The summed E-state index contributed by atoms with van der Waals surface area (Å²) in [5.74, 6) is 0.587. The lowest BCUT2D eigenvalue weighted by atomic mass is 10.1. The molecule has 20 heavy (non-hydrogen) atoms. The first-order valence-electron chi connectivity index (χ1n) is 5.86. The molecular weight excluding hydrogens is 256 g/mol. The maximum Gasteiger partial charge on any atom is 0.255 e. The smallest absolute Gasteiger partial charge is 0.255 e. The van der Waals surface area contributed by atoms with Gasteiger partial charge in [-0.3, -0.25) is 4.79 Å². The van der Waals surface area contributed by atoms with E-state index in [1.54, 1.807) is 37.4 Å². The highest BCUT2D eigenvalue weighted by molar-refractivity contribution is 6.07. The number of nitrogen functional groups attached to an aromatic ring is 1. The van der Waals surface area contributed by atoms with Crippen LogP contribution >= 0.6 is 0 Å². The maximum atomic E-state index is 12.1. The van der Waals surface area contributed by atoms with Crippen molar-refractivity contribution in [3.63, 3.8) is 0 Å². The third kappa shape index (κ3) is 2.74. The number of nitrogens with one attached hydrogen (secondary N) is 2. The van der Waals surface area contributed by atoms with Crippen LogP contribution in [0.5, 0.6) is 5.75 Å². The number of rotatable bonds is 4. The van der Waals surface area contributed by atoms with Crippen molar-refractivity contribution in [2.75, 3.05) is 18.2 Å². The normalized spacial score (nSPS) is 9.85. The van der Waals surface area contributed by atoms with Crippen LogP contribution in [0.2, 0.25) is 0 Å². The van der Waals surface area contributed by atoms with E-state index in [0.29, 0.717) is 22.6 Å². The molecule has 0 spiro atoms. The van der Waals surface area contributed by atoms with Crippen molar-refractivity contribution in [2.24, 2.45) is 0 Å². The minimum absolute atomic E-state index is 0.201. The number of hydrogen-bond donors (Lipinski definition) is 3. The van der Waals surface area contributed by atoms with E-state index in [-0.39, 0.29) is 11.7 Å². The Bertz CT molecular complexity index is 638. The van der Waals surface area contributed by atoms with Gasteiger partial charge in [-0.15, -0.1) is 0 Å². The van der Waals surface area contributed by atoms with E-state index in [1.807, 2.05) is 0 Å². The van der Waals surface area contributed by atoms with Crippen LogP contribution in [0.4, 0.5) is 11.5 Å². The van der Waals surface area contributed by atoms with Crippen LogP contribution in [0, 0.1) is 5.41 Å². The molecular formula is C14H14N4O2. The van der Waals surface area contributed by atoms with Gasteiger partial charge in [-0.25, -0.2) is 4.98 Å². The fraction of sp³-hybridized carbons (Fsp3) is 0.0714. The van der Waals surface area contributed by atoms with Crippen LogP contribution in [0.1, 0.15) is 15.9 Å². The molecule has 4 N–H and O–H groups in total. The fourth-order valence-electron chi connectivity index (χ4n) is 1.69. The number of methoxy groups -OCH3 is 1. The minimum atomic E-state index is -0.290. The van der Waals surface area contributed by atoms with Crippen molar-refractivity contribution in [1.29, 1.82) is 5.41 Å². The number of pyridine rings is 1. The Balaban J connectivity index is 2.23. The second kappa shape index (κ2) is 5.83. The largest absolute Gasteiger partial charge is 0.497 e. The van der Waals surface area contributed by atoms with Gasteiger partial charge in [0.15, 0.2) is 0 Å². The standard InChI is InChI=1S/C14H14N4O2/c1-20-10-4-2-9(3-5-10)14(19)18-12-6-7-17-13(16)11(12)8-15/h2-8,15H,1H3,(H3,16,17,18,19). The number of carbonyl (C=O) groups is 1. The topological polar surface area (TPSA) is 101 Å². The van der Waals surface area contributed by atoms with Gasteiger partial charge >= 0.3 is 0 Å². The quantitative estimate of drug-likeness (QED) is 0.739. The summed E-state index contributed by atoms with van der Waals surface area (Å²) in [6.45, 7) is 0. The van der Waals surface area contributed by atoms with Crippen LogP contribution in [-0.4, -0.2) is 24.2 Å². The Morgan fingerprint density at radius 3 is 2.65 bits per heavy atom. The molecule has 0 aliphatic heterocycles. The van der Waals surface area contributed by atoms with E-state index < -0.39 is 0 Å². The lowest BCUT2D eigenvalue weighted by Gasteiger charge is -2.09. The maximum absolute atomic E-state index is 12.1. The number of hydrogen-bond acceptors (Lipinski definition) is 5. The molecule has 0 aliphatic rings. The van der Waals surface area contributed by atoms with Gasteiger partial charge in [0.1, 0.15) is 11.6 Å². The molecule has 6 heteroatoms. The molecule has 1 aromatic carbocycles. The number of nitrogens with two attached hydrogens (primary N) is 1. The SMILES string of the molecule is COc1ccc(C(=O)Nc2ccnc(N)c2C=N)cc1. The van der Waals surface area contributed by atoms with Crippen LogP contribution in [0.3, 0.4) is 0 Å². The van der Waals surface area contributed by atoms with Crippen molar-refractivity contribution in [2.45, 2.75) is 0 Å². The predicted molar refractivity (Wildman–Crippen MR) is 77.5 cm³/mol. The Kier molecular flexibility index (Phi) is 3.95. The average Bonchev–Trinajstić information content (AvgIpc) is 2.47.